The summed E-state index contributed by atoms with van der Waals surface area (Å²) in [6, 6.07) is 10.7. The van der Waals surface area contributed by atoms with Gasteiger partial charge in [-0.2, -0.15) is 0 Å². The molecule has 27 heavy (non-hydrogen) atoms. The minimum absolute atomic E-state index is 0.789. The van der Waals surface area contributed by atoms with Gasteiger partial charge in [-0.25, -0.2) is 9.97 Å². The molecule has 0 aliphatic carbocycles. The predicted octanol–water partition coefficient (Wildman–Crippen LogP) is 5.00. The SMILES string of the molecule is CCCCN(C)c1cc(Nc2ccc(N3CCC(C)CC3)cc2)nc(C)n1. The van der Waals surface area contributed by atoms with Gasteiger partial charge >= 0.3 is 0 Å². The monoisotopic (exact) mass is 367 g/mol. The number of hydrogen-bond acceptors (Lipinski definition) is 5. The van der Waals surface area contributed by atoms with Crippen molar-refractivity contribution in [2.24, 2.45) is 5.92 Å². The van der Waals surface area contributed by atoms with Crippen molar-refractivity contribution in [1.82, 2.24) is 9.97 Å². The molecule has 3 rings (SSSR count). The molecule has 146 valence electrons. The number of aryl methyl sites for hydroxylation is 1. The van der Waals surface area contributed by atoms with E-state index in [4.69, 9.17) is 0 Å². The smallest absolute Gasteiger partial charge is 0.136 e. The van der Waals surface area contributed by atoms with Gasteiger partial charge in [-0.15, -0.1) is 0 Å². The molecule has 0 atom stereocenters. The van der Waals surface area contributed by atoms with E-state index in [1.807, 2.05) is 13.0 Å². The van der Waals surface area contributed by atoms with Gasteiger partial charge in [-0.1, -0.05) is 20.3 Å². The molecule has 1 saturated heterocycles. The first-order valence-corrected chi connectivity index (χ1v) is 10.2. The number of piperidine rings is 1. The number of hydrogen-bond donors (Lipinski definition) is 1. The van der Waals surface area contributed by atoms with Crippen molar-refractivity contribution in [3.8, 4) is 0 Å². The highest BCUT2D eigenvalue weighted by molar-refractivity contribution is 5.62. The van der Waals surface area contributed by atoms with E-state index in [1.165, 1.54) is 31.4 Å². The summed E-state index contributed by atoms with van der Waals surface area (Å²) in [6.45, 7) is 9.83. The number of aromatic nitrogens is 2. The second kappa shape index (κ2) is 9.07. The summed E-state index contributed by atoms with van der Waals surface area (Å²) in [5.74, 6) is 3.46. The maximum absolute atomic E-state index is 4.58. The Labute approximate surface area is 163 Å². The Kier molecular flexibility index (Phi) is 6.54. The standard InChI is InChI=1S/C22H33N5/c1-5-6-13-26(4)22-16-21(23-18(3)24-22)25-19-7-9-20(10-8-19)27-14-11-17(2)12-15-27/h7-10,16-17H,5-6,11-15H2,1-4H3,(H,23,24,25). The molecule has 0 unspecified atom stereocenters. The summed E-state index contributed by atoms with van der Waals surface area (Å²) in [7, 11) is 2.09. The van der Waals surface area contributed by atoms with Gasteiger partial charge in [0.15, 0.2) is 0 Å². The Morgan fingerprint density at radius 3 is 2.52 bits per heavy atom. The molecule has 0 amide bonds. The number of nitrogens with one attached hydrogen (secondary N) is 1. The summed E-state index contributed by atoms with van der Waals surface area (Å²) in [5.41, 5.74) is 2.37. The van der Waals surface area contributed by atoms with E-state index in [1.54, 1.807) is 0 Å². The second-order valence-corrected chi connectivity index (χ2v) is 7.78. The van der Waals surface area contributed by atoms with Gasteiger partial charge in [0.2, 0.25) is 0 Å². The topological polar surface area (TPSA) is 44.3 Å². The van der Waals surface area contributed by atoms with Crippen molar-refractivity contribution in [3.05, 3.63) is 36.2 Å². The summed E-state index contributed by atoms with van der Waals surface area (Å²) >= 11 is 0. The maximum atomic E-state index is 4.58. The molecule has 1 aromatic carbocycles. The largest absolute Gasteiger partial charge is 0.372 e. The van der Waals surface area contributed by atoms with Crippen molar-refractivity contribution in [2.45, 2.75) is 46.5 Å². The average molecular weight is 368 g/mol. The molecule has 0 saturated carbocycles. The van der Waals surface area contributed by atoms with Gasteiger partial charge in [-0.3, -0.25) is 0 Å². The van der Waals surface area contributed by atoms with Crippen molar-refractivity contribution < 1.29 is 0 Å². The van der Waals surface area contributed by atoms with Crippen molar-refractivity contribution >= 4 is 23.0 Å². The van der Waals surface area contributed by atoms with Crippen molar-refractivity contribution in [3.63, 3.8) is 0 Å². The Bertz CT molecular complexity index is 720. The number of benzene rings is 1. The highest BCUT2D eigenvalue weighted by Gasteiger charge is 2.15. The highest BCUT2D eigenvalue weighted by atomic mass is 15.2. The van der Waals surface area contributed by atoms with Crippen LogP contribution in [-0.2, 0) is 0 Å². The Balaban J connectivity index is 1.67. The van der Waals surface area contributed by atoms with E-state index in [0.29, 0.717) is 0 Å². The zero-order valence-electron chi connectivity index (χ0n) is 17.2. The van der Waals surface area contributed by atoms with Crippen LogP contribution in [0.1, 0.15) is 45.4 Å². The lowest BCUT2D eigenvalue weighted by atomic mass is 9.99. The molecule has 2 heterocycles. The second-order valence-electron chi connectivity index (χ2n) is 7.78. The molecule has 1 fully saturated rings. The minimum atomic E-state index is 0.789. The summed E-state index contributed by atoms with van der Waals surface area (Å²) in [4.78, 5) is 13.8. The Hall–Kier alpha value is -2.30. The minimum Gasteiger partial charge on any atom is -0.372 e. The number of nitrogens with zero attached hydrogens (tertiary/aromatic N) is 4. The Morgan fingerprint density at radius 1 is 1.15 bits per heavy atom. The lowest BCUT2D eigenvalue weighted by molar-refractivity contribution is 0.438. The fourth-order valence-corrected chi connectivity index (χ4v) is 3.49. The molecule has 5 heteroatoms. The molecule has 5 nitrogen and oxygen atoms in total. The summed E-state index contributed by atoms with van der Waals surface area (Å²) in [6.07, 6.45) is 4.92. The zero-order valence-corrected chi connectivity index (χ0v) is 17.2. The van der Waals surface area contributed by atoms with E-state index in [2.05, 4.69) is 70.2 Å². The fourth-order valence-electron chi connectivity index (χ4n) is 3.49. The molecule has 0 radical (unpaired) electrons. The molecule has 1 aliphatic rings. The molecular formula is C22H33N5. The molecule has 0 spiro atoms. The van der Waals surface area contributed by atoms with E-state index in [9.17, 15) is 0 Å². The average Bonchev–Trinajstić information content (AvgIpc) is 2.67. The van der Waals surface area contributed by atoms with Gasteiger partial charge in [-0.05, 0) is 56.4 Å². The van der Waals surface area contributed by atoms with Crippen molar-refractivity contribution in [2.75, 3.05) is 41.8 Å². The highest BCUT2D eigenvalue weighted by Crippen LogP contribution is 2.26. The van der Waals surface area contributed by atoms with Crippen molar-refractivity contribution in [1.29, 1.82) is 0 Å². The number of anilines is 4. The maximum Gasteiger partial charge on any atom is 0.136 e. The molecule has 2 aromatic rings. The van der Waals surface area contributed by atoms with Crippen LogP contribution >= 0.6 is 0 Å². The first kappa shape index (κ1) is 19.5. The van der Waals surface area contributed by atoms with Crippen LogP contribution in [-0.4, -0.2) is 36.6 Å². The first-order valence-electron chi connectivity index (χ1n) is 10.2. The molecular weight excluding hydrogens is 334 g/mol. The number of unbranched alkanes of at least 4 members (excludes halogenated alkanes) is 1. The first-order chi connectivity index (χ1) is 13.0. The lowest BCUT2D eigenvalue weighted by Gasteiger charge is -2.32. The number of rotatable bonds is 7. The molecule has 1 aromatic heterocycles. The third-order valence-electron chi connectivity index (χ3n) is 5.35. The van der Waals surface area contributed by atoms with E-state index in [0.717, 1.165) is 48.7 Å². The van der Waals surface area contributed by atoms with E-state index in [-0.39, 0.29) is 0 Å². The quantitative estimate of drug-likeness (QED) is 0.746. The van der Waals surface area contributed by atoms with Crippen LogP contribution in [0, 0.1) is 12.8 Å². The van der Waals surface area contributed by atoms with Crippen LogP contribution in [0.5, 0.6) is 0 Å². The molecule has 1 N–H and O–H groups in total. The zero-order chi connectivity index (χ0) is 19.2. The van der Waals surface area contributed by atoms with Crippen LogP contribution in [0.2, 0.25) is 0 Å². The van der Waals surface area contributed by atoms with E-state index < -0.39 is 0 Å². The van der Waals surface area contributed by atoms with Crippen LogP contribution in [0.15, 0.2) is 30.3 Å². The fraction of sp³-hybridized carbons (Fsp3) is 0.545. The van der Waals surface area contributed by atoms with Gasteiger partial charge in [0.05, 0.1) is 0 Å². The van der Waals surface area contributed by atoms with Gasteiger partial charge in [0.25, 0.3) is 0 Å². The summed E-state index contributed by atoms with van der Waals surface area (Å²) in [5, 5.41) is 3.44. The molecule has 0 bridgehead atoms. The predicted molar refractivity (Wildman–Crippen MR) is 115 cm³/mol. The summed E-state index contributed by atoms with van der Waals surface area (Å²) < 4.78 is 0. The van der Waals surface area contributed by atoms with Gasteiger partial charge in [0.1, 0.15) is 17.5 Å². The lowest BCUT2D eigenvalue weighted by Crippen LogP contribution is -2.32. The molecule has 1 aliphatic heterocycles. The third kappa shape index (κ3) is 5.34. The van der Waals surface area contributed by atoms with Gasteiger partial charge < -0.3 is 15.1 Å². The normalized spacial score (nSPS) is 15.0. The van der Waals surface area contributed by atoms with Gasteiger partial charge in [0, 0.05) is 44.1 Å². The van der Waals surface area contributed by atoms with E-state index >= 15 is 0 Å². The Morgan fingerprint density at radius 2 is 1.85 bits per heavy atom. The third-order valence-corrected chi connectivity index (χ3v) is 5.35. The van der Waals surface area contributed by atoms with Crippen LogP contribution in [0.25, 0.3) is 0 Å². The van der Waals surface area contributed by atoms with Crippen LogP contribution < -0.4 is 15.1 Å². The van der Waals surface area contributed by atoms with Crippen LogP contribution in [0.3, 0.4) is 0 Å². The van der Waals surface area contributed by atoms with Crippen LogP contribution in [0.4, 0.5) is 23.0 Å².